The number of hydrogen-bond acceptors (Lipinski definition) is 4. The first-order valence-electron chi connectivity index (χ1n) is 10.6. The number of amides is 2. The number of rotatable bonds is 9. The van der Waals surface area contributed by atoms with E-state index in [2.05, 4.69) is 10.6 Å². The van der Waals surface area contributed by atoms with Crippen LogP contribution in [0.4, 0.5) is 0 Å². The fourth-order valence-electron chi connectivity index (χ4n) is 3.58. The number of carbonyl (C=O) groups excluding carboxylic acids is 2. The van der Waals surface area contributed by atoms with Gasteiger partial charge in [-0.25, -0.2) is 0 Å². The monoisotopic (exact) mass is 464 g/mol. The lowest BCUT2D eigenvalue weighted by atomic mass is 9.75. The molecule has 0 spiro atoms. The number of hydrogen-bond donors (Lipinski definition) is 4. The summed E-state index contributed by atoms with van der Waals surface area (Å²) in [7, 11) is -1.74. The third kappa shape index (κ3) is 7.46. The van der Waals surface area contributed by atoms with Gasteiger partial charge in [-0.1, -0.05) is 71.8 Å². The average Bonchev–Trinajstić information content (AvgIpc) is 2.78. The summed E-state index contributed by atoms with van der Waals surface area (Å²) in [5, 5.41) is 25.7. The van der Waals surface area contributed by atoms with Crippen LogP contribution in [0.1, 0.15) is 39.5 Å². The second-order valence-electron chi connectivity index (χ2n) is 7.93. The predicted octanol–water partition coefficient (Wildman–Crippen LogP) is 3.25. The largest absolute Gasteiger partial charge is 0.475 e. The third-order valence-electron chi connectivity index (χ3n) is 5.23. The molecule has 0 aliphatic carbocycles. The quantitative estimate of drug-likeness (QED) is 0.365. The van der Waals surface area contributed by atoms with Gasteiger partial charge in [-0.15, -0.1) is 0 Å². The molecule has 6 nitrogen and oxygen atoms in total. The molecule has 2 atom stereocenters. The molecular formula is C25H26BClN2O4. The van der Waals surface area contributed by atoms with Crippen LogP contribution in [-0.2, 0) is 11.2 Å². The van der Waals surface area contributed by atoms with E-state index in [4.69, 9.17) is 11.6 Å². The molecule has 3 rings (SSSR count). The molecule has 0 aliphatic rings. The lowest BCUT2D eigenvalue weighted by Crippen LogP contribution is -2.48. The third-order valence-corrected chi connectivity index (χ3v) is 5.46. The Labute approximate surface area is 198 Å². The van der Waals surface area contributed by atoms with Gasteiger partial charge in [0.15, 0.2) is 0 Å². The van der Waals surface area contributed by atoms with Crippen LogP contribution in [0.3, 0.4) is 0 Å². The first-order chi connectivity index (χ1) is 15.8. The average molecular weight is 465 g/mol. The van der Waals surface area contributed by atoms with Crippen LogP contribution in [0.2, 0.25) is 5.02 Å². The second-order valence-corrected chi connectivity index (χ2v) is 8.37. The van der Waals surface area contributed by atoms with Crippen molar-refractivity contribution < 1.29 is 19.6 Å². The van der Waals surface area contributed by atoms with Crippen molar-refractivity contribution in [2.75, 3.05) is 0 Å². The van der Waals surface area contributed by atoms with Crippen molar-refractivity contribution in [2.45, 2.75) is 31.7 Å². The SMILES string of the molecule is Cc1cccc(CC(NC(=O)CC(NC(=O)c2ccccc2)c2cccc(Cl)c2)B(O)O)c1. The van der Waals surface area contributed by atoms with E-state index < -0.39 is 25.0 Å². The summed E-state index contributed by atoms with van der Waals surface area (Å²) in [4.78, 5) is 25.6. The Morgan fingerprint density at radius 2 is 1.67 bits per heavy atom. The van der Waals surface area contributed by atoms with Crippen molar-refractivity contribution in [3.05, 3.63) is 106 Å². The van der Waals surface area contributed by atoms with Crippen LogP contribution < -0.4 is 10.6 Å². The van der Waals surface area contributed by atoms with Gasteiger partial charge in [0.1, 0.15) is 0 Å². The van der Waals surface area contributed by atoms with Gasteiger partial charge in [0.2, 0.25) is 5.91 Å². The van der Waals surface area contributed by atoms with Crippen LogP contribution in [0.5, 0.6) is 0 Å². The summed E-state index contributed by atoms with van der Waals surface area (Å²) in [6, 6.07) is 22.6. The van der Waals surface area contributed by atoms with E-state index in [0.717, 1.165) is 11.1 Å². The number of aryl methyl sites for hydroxylation is 1. The number of nitrogens with one attached hydrogen (secondary N) is 2. The maximum atomic E-state index is 12.9. The molecule has 0 radical (unpaired) electrons. The zero-order valence-corrected chi connectivity index (χ0v) is 19.0. The second kappa shape index (κ2) is 11.7. The summed E-state index contributed by atoms with van der Waals surface area (Å²) in [6.45, 7) is 1.94. The Morgan fingerprint density at radius 1 is 0.939 bits per heavy atom. The van der Waals surface area contributed by atoms with E-state index in [-0.39, 0.29) is 18.7 Å². The molecule has 3 aromatic carbocycles. The molecule has 0 bridgehead atoms. The fraction of sp³-hybridized carbons (Fsp3) is 0.200. The highest BCUT2D eigenvalue weighted by molar-refractivity contribution is 6.43. The molecule has 2 unspecified atom stereocenters. The molecule has 33 heavy (non-hydrogen) atoms. The van der Waals surface area contributed by atoms with E-state index in [1.165, 1.54) is 0 Å². The Kier molecular flexibility index (Phi) is 8.66. The van der Waals surface area contributed by atoms with Gasteiger partial charge in [0.25, 0.3) is 5.91 Å². The van der Waals surface area contributed by atoms with Crippen molar-refractivity contribution in [1.82, 2.24) is 10.6 Å². The van der Waals surface area contributed by atoms with Gasteiger partial charge in [-0.3, -0.25) is 9.59 Å². The lowest BCUT2D eigenvalue weighted by molar-refractivity contribution is -0.122. The molecule has 4 N–H and O–H groups in total. The number of halogens is 1. The summed E-state index contributed by atoms with van der Waals surface area (Å²) in [5.41, 5.74) is 3.04. The van der Waals surface area contributed by atoms with Crippen molar-refractivity contribution >= 4 is 30.5 Å². The Balaban J connectivity index is 1.74. The van der Waals surface area contributed by atoms with E-state index >= 15 is 0 Å². The maximum Gasteiger partial charge on any atom is 0.475 e. The van der Waals surface area contributed by atoms with Crippen LogP contribution in [0.15, 0.2) is 78.9 Å². The highest BCUT2D eigenvalue weighted by atomic mass is 35.5. The van der Waals surface area contributed by atoms with Crippen LogP contribution in [0, 0.1) is 6.92 Å². The van der Waals surface area contributed by atoms with Gasteiger partial charge in [-0.2, -0.15) is 0 Å². The van der Waals surface area contributed by atoms with E-state index in [1.54, 1.807) is 48.5 Å². The summed E-state index contributed by atoms with van der Waals surface area (Å²) in [6.07, 6.45) is 0.152. The normalized spacial score (nSPS) is 12.5. The van der Waals surface area contributed by atoms with Crippen LogP contribution in [-0.4, -0.2) is 34.9 Å². The zero-order chi connectivity index (χ0) is 23.8. The number of carbonyl (C=O) groups is 2. The van der Waals surface area contributed by atoms with E-state index in [9.17, 15) is 19.6 Å². The Morgan fingerprint density at radius 3 is 2.33 bits per heavy atom. The maximum absolute atomic E-state index is 12.9. The van der Waals surface area contributed by atoms with Crippen molar-refractivity contribution in [2.24, 2.45) is 0 Å². The first-order valence-corrected chi connectivity index (χ1v) is 11.0. The molecule has 2 amide bonds. The summed E-state index contributed by atoms with van der Waals surface area (Å²) < 4.78 is 0. The molecule has 3 aromatic rings. The smallest absolute Gasteiger partial charge is 0.426 e. The summed E-state index contributed by atoms with van der Waals surface area (Å²) in [5.74, 6) is -1.66. The molecular weight excluding hydrogens is 439 g/mol. The van der Waals surface area contributed by atoms with Gasteiger partial charge in [0.05, 0.1) is 18.4 Å². The highest BCUT2D eigenvalue weighted by Crippen LogP contribution is 2.21. The lowest BCUT2D eigenvalue weighted by Gasteiger charge is -2.22. The predicted molar refractivity (Wildman–Crippen MR) is 130 cm³/mol. The standard InChI is InChI=1S/C25H26BClN2O4/c1-17-7-5-8-18(13-17)14-23(26(32)33)29-24(30)16-22(20-11-6-12-21(27)15-20)28-25(31)19-9-3-2-4-10-19/h2-13,15,22-23,32-33H,14,16H2,1H3,(H,28,31)(H,29,30). The minimum Gasteiger partial charge on any atom is -0.426 e. The molecule has 0 aromatic heterocycles. The molecule has 0 saturated heterocycles. The van der Waals surface area contributed by atoms with Crippen LogP contribution >= 0.6 is 11.6 Å². The molecule has 0 saturated carbocycles. The highest BCUT2D eigenvalue weighted by Gasteiger charge is 2.27. The molecule has 0 fully saturated rings. The minimum atomic E-state index is -1.74. The molecule has 0 aliphatic heterocycles. The van der Waals surface area contributed by atoms with E-state index in [1.807, 2.05) is 37.3 Å². The van der Waals surface area contributed by atoms with Gasteiger partial charge < -0.3 is 20.7 Å². The topological polar surface area (TPSA) is 98.7 Å². The van der Waals surface area contributed by atoms with Crippen molar-refractivity contribution in [1.29, 1.82) is 0 Å². The van der Waals surface area contributed by atoms with Crippen molar-refractivity contribution in [3.8, 4) is 0 Å². The molecule has 8 heteroatoms. The first kappa shape index (κ1) is 24.5. The zero-order valence-electron chi connectivity index (χ0n) is 18.2. The van der Waals surface area contributed by atoms with Gasteiger partial charge in [0, 0.05) is 10.6 Å². The van der Waals surface area contributed by atoms with Gasteiger partial charge >= 0.3 is 7.12 Å². The minimum absolute atomic E-state index is 0.101. The van der Waals surface area contributed by atoms with Crippen LogP contribution in [0.25, 0.3) is 0 Å². The number of benzene rings is 3. The van der Waals surface area contributed by atoms with Crippen molar-refractivity contribution in [3.63, 3.8) is 0 Å². The van der Waals surface area contributed by atoms with Gasteiger partial charge in [-0.05, 0) is 48.7 Å². The Bertz CT molecular complexity index is 1090. The summed E-state index contributed by atoms with van der Waals surface area (Å²) >= 11 is 6.13. The van der Waals surface area contributed by atoms with E-state index in [0.29, 0.717) is 16.1 Å². The fourth-order valence-corrected chi connectivity index (χ4v) is 3.78. The molecule has 170 valence electrons. The Hall–Kier alpha value is -3.13. The molecule has 0 heterocycles.